The molecule has 2 N–H and O–H groups in total. The first kappa shape index (κ1) is 12.9. The molecule has 1 aliphatic rings. The molecule has 1 fully saturated rings. The number of sulfone groups is 1. The van der Waals surface area contributed by atoms with Crippen LogP contribution in [0.2, 0.25) is 0 Å². The van der Waals surface area contributed by atoms with Crippen LogP contribution in [0, 0.1) is 5.92 Å². The minimum absolute atomic E-state index is 0.252. The average molecular weight is 234 g/mol. The van der Waals surface area contributed by atoms with E-state index in [0.29, 0.717) is 18.5 Å². The lowest BCUT2D eigenvalue weighted by molar-refractivity contribution is 0.290. The Morgan fingerprint density at radius 2 is 2.07 bits per heavy atom. The first-order chi connectivity index (χ1) is 6.87. The highest BCUT2D eigenvalue weighted by molar-refractivity contribution is 7.90. The first-order valence-electron chi connectivity index (χ1n) is 5.48. The van der Waals surface area contributed by atoms with Crippen molar-refractivity contribution in [3.63, 3.8) is 0 Å². The Kier molecular flexibility index (Phi) is 4.55. The second-order valence-electron chi connectivity index (χ2n) is 4.83. The van der Waals surface area contributed by atoms with Crippen molar-refractivity contribution in [3.05, 3.63) is 0 Å². The highest BCUT2D eigenvalue weighted by atomic mass is 32.2. The van der Waals surface area contributed by atoms with E-state index in [9.17, 15) is 8.42 Å². The Balaban J connectivity index is 2.21. The van der Waals surface area contributed by atoms with E-state index in [4.69, 9.17) is 5.73 Å². The maximum Gasteiger partial charge on any atom is 0.148 e. The molecule has 5 heteroatoms. The summed E-state index contributed by atoms with van der Waals surface area (Å²) < 4.78 is 22.0. The van der Waals surface area contributed by atoms with Crippen LogP contribution in [0.5, 0.6) is 0 Å². The lowest BCUT2D eigenvalue weighted by Crippen LogP contribution is -2.30. The summed E-state index contributed by atoms with van der Waals surface area (Å²) in [5, 5.41) is 0. The summed E-state index contributed by atoms with van der Waals surface area (Å²) in [6.45, 7) is 1.60. The van der Waals surface area contributed by atoms with Crippen LogP contribution in [0.3, 0.4) is 0 Å². The van der Waals surface area contributed by atoms with Crippen molar-refractivity contribution in [2.75, 3.05) is 32.1 Å². The van der Waals surface area contributed by atoms with Gasteiger partial charge in [-0.2, -0.15) is 0 Å². The largest absolute Gasteiger partial charge is 0.328 e. The van der Waals surface area contributed by atoms with Crippen LogP contribution in [0.1, 0.15) is 19.3 Å². The van der Waals surface area contributed by atoms with Gasteiger partial charge in [-0.25, -0.2) is 8.42 Å². The standard InChI is InChI=1S/C10H22N2O2S/c1-12(5-6-15(2,13)14)8-9-3-4-10(11)7-9/h9-10H,3-8,11H2,1-2H3. The minimum Gasteiger partial charge on any atom is -0.328 e. The molecule has 0 aliphatic heterocycles. The summed E-state index contributed by atoms with van der Waals surface area (Å²) in [6, 6.07) is 0.360. The molecule has 0 amide bonds. The highest BCUT2D eigenvalue weighted by Gasteiger charge is 2.22. The average Bonchev–Trinajstić information content (AvgIpc) is 2.47. The molecule has 0 aromatic carbocycles. The molecule has 1 rings (SSSR count). The number of hydrogen-bond acceptors (Lipinski definition) is 4. The van der Waals surface area contributed by atoms with Gasteiger partial charge in [-0.05, 0) is 32.2 Å². The second-order valence-corrected chi connectivity index (χ2v) is 7.09. The molecule has 0 bridgehead atoms. The second kappa shape index (κ2) is 5.27. The highest BCUT2D eigenvalue weighted by Crippen LogP contribution is 2.24. The van der Waals surface area contributed by atoms with E-state index in [0.717, 1.165) is 19.4 Å². The molecule has 2 atom stereocenters. The molecular formula is C10H22N2O2S. The van der Waals surface area contributed by atoms with Crippen LogP contribution in [0.25, 0.3) is 0 Å². The maximum atomic E-state index is 11.0. The third kappa shape index (κ3) is 5.49. The summed E-state index contributed by atoms with van der Waals surface area (Å²) >= 11 is 0. The SMILES string of the molecule is CN(CCS(C)(=O)=O)CC1CCC(N)C1. The van der Waals surface area contributed by atoms with Crippen LogP contribution in [-0.4, -0.2) is 51.5 Å². The molecule has 0 aromatic rings. The van der Waals surface area contributed by atoms with Gasteiger partial charge in [-0.15, -0.1) is 0 Å². The zero-order valence-corrected chi connectivity index (χ0v) is 10.5. The van der Waals surface area contributed by atoms with Gasteiger partial charge in [0, 0.05) is 25.4 Å². The summed E-state index contributed by atoms with van der Waals surface area (Å²) in [7, 11) is -0.849. The van der Waals surface area contributed by atoms with Gasteiger partial charge in [-0.3, -0.25) is 0 Å². The van der Waals surface area contributed by atoms with Crippen molar-refractivity contribution < 1.29 is 8.42 Å². The minimum atomic E-state index is -2.83. The van der Waals surface area contributed by atoms with Crippen LogP contribution in [0.15, 0.2) is 0 Å². The fourth-order valence-corrected chi connectivity index (χ4v) is 2.78. The predicted molar refractivity (Wildman–Crippen MR) is 62.5 cm³/mol. The van der Waals surface area contributed by atoms with Crippen molar-refractivity contribution in [2.45, 2.75) is 25.3 Å². The summed E-state index contributed by atoms with van der Waals surface area (Å²) in [5.74, 6) is 0.909. The number of hydrogen-bond donors (Lipinski definition) is 1. The quantitative estimate of drug-likeness (QED) is 0.732. The van der Waals surface area contributed by atoms with Crippen molar-refractivity contribution in [1.29, 1.82) is 0 Å². The smallest absolute Gasteiger partial charge is 0.148 e. The molecule has 15 heavy (non-hydrogen) atoms. The Bertz CT molecular complexity index is 290. The summed E-state index contributed by atoms with van der Waals surface area (Å²) in [4.78, 5) is 2.10. The molecule has 4 nitrogen and oxygen atoms in total. The Morgan fingerprint density at radius 3 is 2.53 bits per heavy atom. The Hall–Kier alpha value is -0.130. The molecule has 2 unspecified atom stereocenters. The van der Waals surface area contributed by atoms with E-state index in [1.807, 2.05) is 7.05 Å². The predicted octanol–water partition coefficient (Wildman–Crippen LogP) is 0.0902. The van der Waals surface area contributed by atoms with E-state index >= 15 is 0 Å². The topological polar surface area (TPSA) is 63.4 Å². The molecule has 0 saturated heterocycles. The van der Waals surface area contributed by atoms with Crippen LogP contribution < -0.4 is 5.73 Å². The zero-order chi connectivity index (χ0) is 11.5. The zero-order valence-electron chi connectivity index (χ0n) is 9.65. The van der Waals surface area contributed by atoms with Crippen LogP contribution in [-0.2, 0) is 9.84 Å². The van der Waals surface area contributed by atoms with Crippen molar-refractivity contribution in [2.24, 2.45) is 11.7 Å². The lowest BCUT2D eigenvalue weighted by atomic mass is 10.1. The van der Waals surface area contributed by atoms with Gasteiger partial charge in [0.25, 0.3) is 0 Å². The number of nitrogens with zero attached hydrogens (tertiary/aromatic N) is 1. The van der Waals surface area contributed by atoms with Crippen LogP contribution >= 0.6 is 0 Å². The third-order valence-electron chi connectivity index (χ3n) is 3.00. The first-order valence-corrected chi connectivity index (χ1v) is 7.55. The van der Waals surface area contributed by atoms with Gasteiger partial charge >= 0.3 is 0 Å². The fraction of sp³-hybridized carbons (Fsp3) is 1.00. The maximum absolute atomic E-state index is 11.0. The Labute approximate surface area is 92.7 Å². The van der Waals surface area contributed by atoms with Crippen LogP contribution in [0.4, 0.5) is 0 Å². The van der Waals surface area contributed by atoms with Crippen molar-refractivity contribution >= 4 is 9.84 Å². The van der Waals surface area contributed by atoms with E-state index in [1.54, 1.807) is 0 Å². The summed E-state index contributed by atoms with van der Waals surface area (Å²) in [5.41, 5.74) is 5.83. The molecule has 90 valence electrons. The number of nitrogens with two attached hydrogens (primary N) is 1. The molecule has 0 heterocycles. The molecule has 0 spiro atoms. The molecule has 0 aromatic heterocycles. The van der Waals surface area contributed by atoms with Crippen molar-refractivity contribution in [3.8, 4) is 0 Å². The Morgan fingerprint density at radius 1 is 1.40 bits per heavy atom. The van der Waals surface area contributed by atoms with E-state index in [1.165, 1.54) is 12.7 Å². The van der Waals surface area contributed by atoms with Crippen molar-refractivity contribution in [1.82, 2.24) is 4.90 Å². The van der Waals surface area contributed by atoms with Gasteiger partial charge in [0.1, 0.15) is 9.84 Å². The third-order valence-corrected chi connectivity index (χ3v) is 3.92. The monoisotopic (exact) mass is 234 g/mol. The molecule has 0 radical (unpaired) electrons. The van der Waals surface area contributed by atoms with Gasteiger partial charge in [-0.1, -0.05) is 0 Å². The lowest BCUT2D eigenvalue weighted by Gasteiger charge is -2.20. The summed E-state index contributed by atoms with van der Waals surface area (Å²) in [6.07, 6.45) is 4.67. The van der Waals surface area contributed by atoms with Gasteiger partial charge in [0.2, 0.25) is 0 Å². The molecular weight excluding hydrogens is 212 g/mol. The van der Waals surface area contributed by atoms with Gasteiger partial charge < -0.3 is 10.6 Å². The fourth-order valence-electron chi connectivity index (χ4n) is 2.13. The molecule has 1 aliphatic carbocycles. The van der Waals surface area contributed by atoms with E-state index in [2.05, 4.69) is 4.90 Å². The van der Waals surface area contributed by atoms with Gasteiger partial charge in [0.05, 0.1) is 5.75 Å². The van der Waals surface area contributed by atoms with E-state index < -0.39 is 9.84 Å². The van der Waals surface area contributed by atoms with Gasteiger partial charge in [0.15, 0.2) is 0 Å². The van der Waals surface area contributed by atoms with E-state index in [-0.39, 0.29) is 5.75 Å². The number of rotatable bonds is 5. The normalized spacial score (nSPS) is 27.5. The molecule has 1 saturated carbocycles.